The first kappa shape index (κ1) is 22.5. The Labute approximate surface area is 201 Å². The van der Waals surface area contributed by atoms with Crippen molar-refractivity contribution in [2.45, 2.75) is 52.2 Å². The molecule has 2 atom stereocenters. The largest absolute Gasteiger partial charge is 0.492 e. The van der Waals surface area contributed by atoms with E-state index in [0.717, 1.165) is 50.0 Å². The first-order valence-corrected chi connectivity index (χ1v) is 12.5. The molecule has 3 aliphatic heterocycles. The Kier molecular flexibility index (Phi) is 6.04. The zero-order valence-electron chi connectivity index (χ0n) is 19.7. The number of nitrogens with zero attached hydrogens (tertiary/aromatic N) is 1. The van der Waals surface area contributed by atoms with Gasteiger partial charge in [0.25, 0.3) is 0 Å². The molecule has 5 nitrogen and oxygen atoms in total. The van der Waals surface area contributed by atoms with E-state index < -0.39 is 0 Å². The van der Waals surface area contributed by atoms with Crippen LogP contribution in [0.3, 0.4) is 0 Å². The number of halogens is 1. The Hall–Kier alpha value is -2.24. The van der Waals surface area contributed by atoms with E-state index in [1.807, 2.05) is 25.1 Å². The van der Waals surface area contributed by atoms with E-state index in [1.165, 1.54) is 11.1 Å². The molecule has 2 aromatic rings. The van der Waals surface area contributed by atoms with Crippen LogP contribution in [0.2, 0.25) is 5.02 Å². The fourth-order valence-electron chi connectivity index (χ4n) is 5.79. The topological polar surface area (TPSA) is 50.8 Å². The van der Waals surface area contributed by atoms with E-state index in [0.29, 0.717) is 23.3 Å². The Morgan fingerprint density at radius 3 is 2.55 bits per heavy atom. The third kappa shape index (κ3) is 4.45. The van der Waals surface area contributed by atoms with Crippen molar-refractivity contribution in [3.63, 3.8) is 0 Å². The number of nitrogens with one attached hydrogen (secondary N) is 1. The van der Waals surface area contributed by atoms with Gasteiger partial charge in [-0.15, -0.1) is 0 Å². The molecule has 6 heteroatoms. The molecule has 4 aliphatic rings. The van der Waals surface area contributed by atoms with Crippen molar-refractivity contribution in [1.29, 1.82) is 0 Å². The third-order valence-electron chi connectivity index (χ3n) is 7.56. The van der Waals surface area contributed by atoms with Gasteiger partial charge in [-0.1, -0.05) is 49.7 Å². The molecular weight excluding hydrogens is 436 g/mol. The van der Waals surface area contributed by atoms with Crippen LogP contribution in [0.5, 0.6) is 5.75 Å². The minimum atomic E-state index is -0.290. The first-order valence-electron chi connectivity index (χ1n) is 12.1. The number of hydrogen-bond acceptors (Lipinski definition) is 4. The SMILES string of the molecule is CCOc1ccc(-c2ccc3c(c2)CC(C)(C)[C@H]3NC(=O)O[C@@H]2CN3CCC2CC3)cc1Cl. The van der Waals surface area contributed by atoms with Crippen molar-refractivity contribution in [2.75, 3.05) is 26.2 Å². The van der Waals surface area contributed by atoms with Crippen LogP contribution in [0, 0.1) is 11.3 Å². The number of alkyl carbamates (subject to hydrolysis) is 1. The number of carbonyl (C=O) groups is 1. The lowest BCUT2D eigenvalue weighted by Crippen LogP contribution is -2.53. The van der Waals surface area contributed by atoms with Gasteiger partial charge in [-0.25, -0.2) is 4.79 Å². The summed E-state index contributed by atoms with van der Waals surface area (Å²) in [6.07, 6.45) is 2.89. The second kappa shape index (κ2) is 8.84. The Morgan fingerprint density at radius 1 is 1.15 bits per heavy atom. The lowest BCUT2D eigenvalue weighted by atomic mass is 9.85. The first-order chi connectivity index (χ1) is 15.8. The predicted octanol–water partition coefficient (Wildman–Crippen LogP) is 5.85. The van der Waals surface area contributed by atoms with E-state index in [2.05, 4.69) is 42.3 Å². The monoisotopic (exact) mass is 468 g/mol. The summed E-state index contributed by atoms with van der Waals surface area (Å²) in [6, 6.07) is 12.3. The van der Waals surface area contributed by atoms with Crippen LogP contribution >= 0.6 is 11.6 Å². The average Bonchev–Trinajstić information content (AvgIpc) is 3.04. The molecular formula is C27H33ClN2O3. The van der Waals surface area contributed by atoms with Gasteiger partial charge in [0, 0.05) is 6.54 Å². The predicted molar refractivity (Wildman–Crippen MR) is 131 cm³/mol. The summed E-state index contributed by atoms with van der Waals surface area (Å²) in [4.78, 5) is 15.3. The molecule has 0 unspecified atom stereocenters. The summed E-state index contributed by atoms with van der Waals surface area (Å²) in [7, 11) is 0. The second-order valence-electron chi connectivity index (χ2n) is 10.3. The Balaban J connectivity index is 1.32. The average molecular weight is 469 g/mol. The van der Waals surface area contributed by atoms with Crippen LogP contribution in [0.25, 0.3) is 11.1 Å². The highest BCUT2D eigenvalue weighted by Crippen LogP contribution is 2.46. The van der Waals surface area contributed by atoms with Gasteiger partial charge in [0.1, 0.15) is 11.9 Å². The standard InChI is InChI=1S/C27H33ClN2O3/c1-4-32-23-8-6-19(14-22(23)28)18-5-7-21-20(13-18)15-27(2,3)25(21)29-26(31)33-24-16-30-11-9-17(24)10-12-30/h5-8,13-14,17,24-25H,4,9-12,15-16H2,1-3H3,(H,29,31)/t24-,25+/m1/s1. The highest BCUT2D eigenvalue weighted by Gasteiger charge is 2.42. The van der Waals surface area contributed by atoms with Crippen LogP contribution in [-0.4, -0.2) is 43.3 Å². The molecule has 1 aliphatic carbocycles. The van der Waals surface area contributed by atoms with E-state index in [-0.39, 0.29) is 23.7 Å². The number of rotatable bonds is 5. The third-order valence-corrected chi connectivity index (χ3v) is 7.86. The molecule has 33 heavy (non-hydrogen) atoms. The van der Waals surface area contributed by atoms with Crippen molar-refractivity contribution in [3.8, 4) is 16.9 Å². The summed E-state index contributed by atoms with van der Waals surface area (Å²) in [5.74, 6) is 1.21. The molecule has 2 bridgehead atoms. The number of carbonyl (C=O) groups excluding carboxylic acids is 1. The molecule has 1 amide bonds. The zero-order valence-corrected chi connectivity index (χ0v) is 20.5. The van der Waals surface area contributed by atoms with Gasteiger partial charge in [0.15, 0.2) is 0 Å². The molecule has 3 saturated heterocycles. The van der Waals surface area contributed by atoms with Crippen LogP contribution in [-0.2, 0) is 11.2 Å². The highest BCUT2D eigenvalue weighted by molar-refractivity contribution is 6.32. The molecule has 0 saturated carbocycles. The van der Waals surface area contributed by atoms with Crippen molar-refractivity contribution >= 4 is 17.7 Å². The summed E-state index contributed by atoms with van der Waals surface area (Å²) in [5, 5.41) is 3.82. The number of benzene rings is 2. The van der Waals surface area contributed by atoms with E-state index in [9.17, 15) is 4.79 Å². The van der Waals surface area contributed by atoms with E-state index >= 15 is 0 Å². The van der Waals surface area contributed by atoms with Crippen LogP contribution in [0.1, 0.15) is 50.8 Å². The normalized spacial score (nSPS) is 27.2. The molecule has 1 N–H and O–H groups in total. The van der Waals surface area contributed by atoms with Crippen molar-refractivity contribution in [2.24, 2.45) is 11.3 Å². The molecule has 3 heterocycles. The molecule has 2 aromatic carbocycles. The van der Waals surface area contributed by atoms with Crippen LogP contribution in [0.15, 0.2) is 36.4 Å². The van der Waals surface area contributed by atoms with Gasteiger partial charge in [-0.3, -0.25) is 4.90 Å². The lowest BCUT2D eigenvalue weighted by Gasteiger charge is -2.44. The van der Waals surface area contributed by atoms with Gasteiger partial charge in [0.2, 0.25) is 0 Å². The minimum Gasteiger partial charge on any atom is -0.492 e. The summed E-state index contributed by atoms with van der Waals surface area (Å²) >= 11 is 6.42. The molecule has 0 radical (unpaired) electrons. The number of hydrogen-bond donors (Lipinski definition) is 1. The molecule has 176 valence electrons. The fraction of sp³-hybridized carbons (Fsp3) is 0.519. The van der Waals surface area contributed by atoms with E-state index in [1.54, 1.807) is 0 Å². The van der Waals surface area contributed by atoms with Crippen molar-refractivity contribution < 1.29 is 14.3 Å². The fourth-order valence-corrected chi connectivity index (χ4v) is 6.03. The maximum Gasteiger partial charge on any atom is 0.407 e. The molecule has 0 aromatic heterocycles. The quantitative estimate of drug-likeness (QED) is 0.598. The summed E-state index contributed by atoms with van der Waals surface area (Å²) in [6.45, 7) is 10.1. The van der Waals surface area contributed by atoms with Crippen molar-refractivity contribution in [1.82, 2.24) is 10.2 Å². The lowest BCUT2D eigenvalue weighted by molar-refractivity contribution is -0.0348. The molecule has 0 spiro atoms. The van der Waals surface area contributed by atoms with Crippen LogP contribution in [0.4, 0.5) is 4.79 Å². The molecule has 3 fully saturated rings. The second-order valence-corrected chi connectivity index (χ2v) is 10.7. The van der Waals surface area contributed by atoms with Crippen molar-refractivity contribution in [3.05, 3.63) is 52.5 Å². The smallest absolute Gasteiger partial charge is 0.407 e. The number of piperidine rings is 3. The van der Waals surface area contributed by atoms with Gasteiger partial charge in [-0.05, 0) is 85.0 Å². The summed E-state index contributed by atoms with van der Waals surface area (Å²) < 4.78 is 11.5. The Bertz CT molecular complexity index is 1050. The molecule has 6 rings (SSSR count). The van der Waals surface area contributed by atoms with E-state index in [4.69, 9.17) is 21.1 Å². The maximum absolute atomic E-state index is 12.9. The number of ether oxygens (including phenoxy) is 2. The number of fused-ring (bicyclic) bond motifs is 4. The summed E-state index contributed by atoms with van der Waals surface area (Å²) in [5.41, 5.74) is 4.51. The van der Waals surface area contributed by atoms with Gasteiger partial charge >= 0.3 is 6.09 Å². The number of amides is 1. The minimum absolute atomic E-state index is 0.0169. The van der Waals surface area contributed by atoms with Crippen LogP contribution < -0.4 is 10.1 Å². The van der Waals surface area contributed by atoms with Gasteiger partial charge in [-0.2, -0.15) is 0 Å². The Morgan fingerprint density at radius 2 is 1.88 bits per heavy atom. The van der Waals surface area contributed by atoms with Gasteiger partial charge in [0.05, 0.1) is 17.7 Å². The highest BCUT2D eigenvalue weighted by atomic mass is 35.5. The van der Waals surface area contributed by atoms with Gasteiger partial charge < -0.3 is 14.8 Å². The zero-order chi connectivity index (χ0) is 23.2. The maximum atomic E-state index is 12.9.